The van der Waals surface area contributed by atoms with Crippen LogP contribution in [0.5, 0.6) is 11.5 Å². The number of aryl methyl sites for hydroxylation is 2. The van der Waals surface area contributed by atoms with Crippen LogP contribution in [0.4, 0.5) is 5.69 Å². The number of nitrogens with one attached hydrogen (secondary N) is 1. The molecular weight excluding hydrogens is 272 g/mol. The van der Waals surface area contributed by atoms with E-state index >= 15 is 0 Å². The molecule has 7 heteroatoms. The summed E-state index contributed by atoms with van der Waals surface area (Å²) in [6.07, 6.45) is 0. The summed E-state index contributed by atoms with van der Waals surface area (Å²) in [7, 11) is 1.69. The number of anilines is 1. The number of rotatable bonds is 3. The fourth-order valence-electron chi connectivity index (χ4n) is 2.26. The van der Waals surface area contributed by atoms with Gasteiger partial charge >= 0.3 is 0 Å². The maximum atomic E-state index is 12.2. The molecular formula is C14H16N4O3. The first-order valence-electron chi connectivity index (χ1n) is 6.52. The molecule has 21 heavy (non-hydrogen) atoms. The Bertz CT molecular complexity index is 708. The zero-order valence-electron chi connectivity index (χ0n) is 11.8. The molecule has 1 aliphatic heterocycles. The van der Waals surface area contributed by atoms with Crippen LogP contribution in [0.2, 0.25) is 0 Å². The van der Waals surface area contributed by atoms with Gasteiger partial charge in [-0.05, 0) is 24.6 Å². The Hall–Kier alpha value is -2.70. The van der Waals surface area contributed by atoms with E-state index < -0.39 is 0 Å². The number of nitrogen functional groups attached to an aromatic ring is 1. The molecule has 0 atom stereocenters. The second-order valence-electron chi connectivity index (χ2n) is 4.84. The molecule has 0 saturated carbocycles. The summed E-state index contributed by atoms with van der Waals surface area (Å²) >= 11 is 0. The Morgan fingerprint density at radius 3 is 2.90 bits per heavy atom. The second-order valence-corrected chi connectivity index (χ2v) is 4.84. The third-order valence-corrected chi connectivity index (χ3v) is 3.37. The highest BCUT2D eigenvalue weighted by Crippen LogP contribution is 2.32. The van der Waals surface area contributed by atoms with E-state index in [1.54, 1.807) is 14.0 Å². The quantitative estimate of drug-likeness (QED) is 0.878. The largest absolute Gasteiger partial charge is 0.454 e. The number of ether oxygens (including phenoxy) is 2. The average Bonchev–Trinajstić information content (AvgIpc) is 3.01. The molecule has 0 saturated heterocycles. The van der Waals surface area contributed by atoms with E-state index in [0.29, 0.717) is 29.4 Å². The van der Waals surface area contributed by atoms with Crippen molar-refractivity contribution in [1.82, 2.24) is 15.1 Å². The van der Waals surface area contributed by atoms with Gasteiger partial charge in [0.2, 0.25) is 6.79 Å². The number of carbonyl (C=O) groups is 1. The minimum Gasteiger partial charge on any atom is -0.454 e. The first kappa shape index (κ1) is 13.3. The van der Waals surface area contributed by atoms with Gasteiger partial charge in [-0.15, -0.1) is 0 Å². The van der Waals surface area contributed by atoms with Crippen LogP contribution in [-0.2, 0) is 13.6 Å². The summed E-state index contributed by atoms with van der Waals surface area (Å²) in [5.74, 6) is 1.16. The molecule has 2 heterocycles. The lowest BCUT2D eigenvalue weighted by Crippen LogP contribution is -2.26. The number of hydrogen-bond donors (Lipinski definition) is 2. The van der Waals surface area contributed by atoms with E-state index in [1.165, 1.54) is 4.68 Å². The molecule has 0 fully saturated rings. The maximum absolute atomic E-state index is 12.2. The van der Waals surface area contributed by atoms with E-state index in [-0.39, 0.29) is 12.7 Å². The van der Waals surface area contributed by atoms with Crippen molar-refractivity contribution in [3.8, 4) is 11.5 Å². The molecule has 3 rings (SSSR count). The molecule has 1 amide bonds. The monoisotopic (exact) mass is 288 g/mol. The van der Waals surface area contributed by atoms with Crippen molar-refractivity contribution in [2.75, 3.05) is 12.5 Å². The van der Waals surface area contributed by atoms with E-state index in [1.807, 2.05) is 18.2 Å². The fraction of sp³-hybridized carbons (Fsp3) is 0.286. The Labute approximate surface area is 121 Å². The van der Waals surface area contributed by atoms with E-state index in [9.17, 15) is 4.79 Å². The molecule has 1 aromatic carbocycles. The molecule has 0 spiro atoms. The minimum absolute atomic E-state index is 0.232. The third kappa shape index (κ3) is 2.37. The summed E-state index contributed by atoms with van der Waals surface area (Å²) in [6, 6.07) is 5.55. The van der Waals surface area contributed by atoms with Crippen LogP contribution in [0.1, 0.15) is 21.7 Å². The van der Waals surface area contributed by atoms with Crippen LogP contribution in [0.25, 0.3) is 0 Å². The van der Waals surface area contributed by atoms with Crippen molar-refractivity contribution in [2.45, 2.75) is 13.5 Å². The lowest BCUT2D eigenvalue weighted by atomic mass is 10.2. The Kier molecular flexibility index (Phi) is 3.17. The Morgan fingerprint density at radius 1 is 1.43 bits per heavy atom. The number of hydrogen-bond acceptors (Lipinski definition) is 5. The van der Waals surface area contributed by atoms with Gasteiger partial charge in [-0.3, -0.25) is 9.48 Å². The Balaban J connectivity index is 1.71. The van der Waals surface area contributed by atoms with Crippen molar-refractivity contribution < 1.29 is 14.3 Å². The highest BCUT2D eigenvalue weighted by molar-refractivity contribution is 5.97. The number of benzene rings is 1. The normalized spacial score (nSPS) is 12.5. The Morgan fingerprint density at radius 2 is 2.19 bits per heavy atom. The smallest absolute Gasteiger partial charge is 0.271 e. The SMILES string of the molecule is Cc1nn(C)c(C(=O)NCc2ccc3c(c2)OCO3)c1N. The fourth-order valence-corrected chi connectivity index (χ4v) is 2.26. The average molecular weight is 288 g/mol. The lowest BCUT2D eigenvalue weighted by molar-refractivity contribution is 0.0942. The second kappa shape index (κ2) is 5.01. The van der Waals surface area contributed by atoms with Crippen molar-refractivity contribution in [2.24, 2.45) is 7.05 Å². The highest BCUT2D eigenvalue weighted by Gasteiger charge is 2.18. The number of carbonyl (C=O) groups excluding carboxylic acids is 1. The van der Waals surface area contributed by atoms with Gasteiger partial charge < -0.3 is 20.5 Å². The van der Waals surface area contributed by atoms with Gasteiger partial charge in [0.15, 0.2) is 11.5 Å². The van der Waals surface area contributed by atoms with Crippen molar-refractivity contribution in [1.29, 1.82) is 0 Å². The summed E-state index contributed by atoms with van der Waals surface area (Å²) in [4.78, 5) is 12.2. The zero-order valence-corrected chi connectivity index (χ0v) is 11.8. The first-order chi connectivity index (χ1) is 10.1. The van der Waals surface area contributed by atoms with Crippen LogP contribution >= 0.6 is 0 Å². The third-order valence-electron chi connectivity index (χ3n) is 3.37. The van der Waals surface area contributed by atoms with E-state index in [0.717, 1.165) is 11.3 Å². The van der Waals surface area contributed by atoms with Gasteiger partial charge in [-0.1, -0.05) is 6.07 Å². The molecule has 7 nitrogen and oxygen atoms in total. The molecule has 0 unspecified atom stereocenters. The number of fused-ring (bicyclic) bond motifs is 1. The molecule has 3 N–H and O–H groups in total. The van der Waals surface area contributed by atoms with Gasteiger partial charge in [0, 0.05) is 13.6 Å². The van der Waals surface area contributed by atoms with Crippen molar-refractivity contribution >= 4 is 11.6 Å². The number of nitrogens with two attached hydrogens (primary N) is 1. The maximum Gasteiger partial charge on any atom is 0.271 e. The predicted octanol–water partition coefficient (Wildman–Crippen LogP) is 0.969. The van der Waals surface area contributed by atoms with Gasteiger partial charge in [-0.25, -0.2) is 0 Å². The summed E-state index contributed by atoms with van der Waals surface area (Å²) in [5, 5.41) is 6.95. The zero-order chi connectivity index (χ0) is 15.0. The minimum atomic E-state index is -0.256. The number of nitrogens with zero attached hydrogens (tertiary/aromatic N) is 2. The van der Waals surface area contributed by atoms with Crippen LogP contribution < -0.4 is 20.5 Å². The summed E-state index contributed by atoms with van der Waals surface area (Å²) in [6.45, 7) is 2.37. The van der Waals surface area contributed by atoms with Crippen LogP contribution in [0.3, 0.4) is 0 Å². The number of amides is 1. The molecule has 1 aliphatic rings. The van der Waals surface area contributed by atoms with Crippen molar-refractivity contribution in [3.63, 3.8) is 0 Å². The molecule has 1 aromatic heterocycles. The molecule has 0 aliphatic carbocycles. The van der Waals surface area contributed by atoms with Gasteiger partial charge in [0.25, 0.3) is 5.91 Å². The van der Waals surface area contributed by atoms with E-state index in [4.69, 9.17) is 15.2 Å². The van der Waals surface area contributed by atoms with Crippen molar-refractivity contribution in [3.05, 3.63) is 35.2 Å². The van der Waals surface area contributed by atoms with Gasteiger partial charge in [0.05, 0.1) is 11.4 Å². The first-order valence-corrected chi connectivity index (χ1v) is 6.52. The topological polar surface area (TPSA) is 91.4 Å². The molecule has 0 radical (unpaired) electrons. The molecule has 0 bridgehead atoms. The summed E-state index contributed by atoms with van der Waals surface area (Å²) in [5.41, 5.74) is 8.20. The van der Waals surface area contributed by atoms with E-state index in [2.05, 4.69) is 10.4 Å². The highest BCUT2D eigenvalue weighted by atomic mass is 16.7. The summed E-state index contributed by atoms with van der Waals surface area (Å²) < 4.78 is 12.0. The van der Waals surface area contributed by atoms with Crippen LogP contribution in [-0.4, -0.2) is 22.5 Å². The number of aromatic nitrogens is 2. The lowest BCUT2D eigenvalue weighted by Gasteiger charge is -2.07. The van der Waals surface area contributed by atoms with Crippen LogP contribution in [0, 0.1) is 6.92 Å². The standard InChI is InChI=1S/C14H16N4O3/c1-8-12(15)13(18(2)17-8)14(19)16-6-9-3-4-10-11(5-9)21-7-20-10/h3-5H,6-7,15H2,1-2H3,(H,16,19). The predicted molar refractivity (Wildman–Crippen MR) is 76.1 cm³/mol. The molecule has 2 aromatic rings. The van der Waals surface area contributed by atoms with Gasteiger partial charge in [0.1, 0.15) is 5.69 Å². The van der Waals surface area contributed by atoms with Gasteiger partial charge in [-0.2, -0.15) is 5.10 Å². The molecule has 110 valence electrons. The van der Waals surface area contributed by atoms with Crippen LogP contribution in [0.15, 0.2) is 18.2 Å².